The van der Waals surface area contributed by atoms with Crippen molar-refractivity contribution >= 4 is 21.6 Å². The first kappa shape index (κ1) is 24.1. The maximum absolute atomic E-state index is 13.2. The summed E-state index contributed by atoms with van der Waals surface area (Å²) in [5.41, 5.74) is 1.56. The summed E-state index contributed by atoms with van der Waals surface area (Å²) in [6.45, 7) is 5.60. The summed E-state index contributed by atoms with van der Waals surface area (Å²) in [6, 6.07) is 12.5. The van der Waals surface area contributed by atoms with Crippen molar-refractivity contribution in [3.63, 3.8) is 0 Å². The molecule has 0 unspecified atom stereocenters. The molecule has 174 valence electrons. The molecule has 8 heteroatoms. The number of hydrogen-bond donors (Lipinski definition) is 1. The first-order valence-electron chi connectivity index (χ1n) is 11.2. The zero-order valence-corrected chi connectivity index (χ0v) is 19.6. The molecule has 7 nitrogen and oxygen atoms in total. The van der Waals surface area contributed by atoms with E-state index >= 15 is 0 Å². The Morgan fingerprint density at radius 3 is 2.56 bits per heavy atom. The highest BCUT2D eigenvalue weighted by atomic mass is 32.2. The SMILES string of the molecule is CCOc1ccc(NC(=O)CCCOc2cccc(C)c2)cc1S(=O)(=O)N1CCCCC1. The minimum Gasteiger partial charge on any atom is -0.494 e. The lowest BCUT2D eigenvalue weighted by Crippen LogP contribution is -2.35. The zero-order chi connectivity index (χ0) is 23.0. The lowest BCUT2D eigenvalue weighted by Gasteiger charge is -2.27. The van der Waals surface area contributed by atoms with Crippen LogP contribution in [0.5, 0.6) is 11.5 Å². The fourth-order valence-electron chi connectivity index (χ4n) is 3.66. The molecule has 1 amide bonds. The smallest absolute Gasteiger partial charge is 0.246 e. The van der Waals surface area contributed by atoms with E-state index in [2.05, 4.69) is 5.32 Å². The fraction of sp³-hybridized carbons (Fsp3) is 0.458. The van der Waals surface area contributed by atoms with Crippen LogP contribution < -0.4 is 14.8 Å². The molecule has 0 aliphatic carbocycles. The highest BCUT2D eigenvalue weighted by Gasteiger charge is 2.29. The molecule has 0 aromatic heterocycles. The number of carbonyl (C=O) groups is 1. The number of piperidine rings is 1. The predicted molar refractivity (Wildman–Crippen MR) is 125 cm³/mol. The van der Waals surface area contributed by atoms with Crippen LogP contribution in [0.1, 0.15) is 44.6 Å². The van der Waals surface area contributed by atoms with Gasteiger partial charge in [0.1, 0.15) is 16.4 Å². The Kier molecular flexibility index (Phi) is 8.53. The van der Waals surface area contributed by atoms with Crippen molar-refractivity contribution in [2.45, 2.75) is 50.8 Å². The summed E-state index contributed by atoms with van der Waals surface area (Å²) in [6.07, 6.45) is 3.56. The minimum atomic E-state index is -3.69. The maximum atomic E-state index is 13.2. The van der Waals surface area contributed by atoms with Crippen molar-refractivity contribution < 1.29 is 22.7 Å². The summed E-state index contributed by atoms with van der Waals surface area (Å²) >= 11 is 0. The first-order valence-corrected chi connectivity index (χ1v) is 12.6. The Labute approximate surface area is 190 Å². The molecule has 2 aromatic carbocycles. The average molecular weight is 461 g/mol. The van der Waals surface area contributed by atoms with Crippen LogP contribution in [0.3, 0.4) is 0 Å². The number of anilines is 1. The molecule has 32 heavy (non-hydrogen) atoms. The van der Waals surface area contributed by atoms with E-state index in [1.807, 2.05) is 38.1 Å². The Bertz CT molecular complexity index is 1020. The van der Waals surface area contributed by atoms with Gasteiger partial charge in [0.05, 0.1) is 13.2 Å². The number of carbonyl (C=O) groups excluding carboxylic acids is 1. The van der Waals surface area contributed by atoms with Crippen LogP contribution in [0.4, 0.5) is 5.69 Å². The van der Waals surface area contributed by atoms with E-state index in [9.17, 15) is 13.2 Å². The molecule has 1 fully saturated rings. The molecule has 3 rings (SSSR count). The Hall–Kier alpha value is -2.58. The lowest BCUT2D eigenvalue weighted by molar-refractivity contribution is -0.116. The van der Waals surface area contributed by atoms with Crippen molar-refractivity contribution in [3.05, 3.63) is 48.0 Å². The van der Waals surface area contributed by atoms with Crippen LogP contribution >= 0.6 is 0 Å². The molecule has 1 aliphatic rings. The van der Waals surface area contributed by atoms with Crippen molar-refractivity contribution in [1.82, 2.24) is 4.31 Å². The number of benzene rings is 2. The van der Waals surface area contributed by atoms with Gasteiger partial charge < -0.3 is 14.8 Å². The normalized spacial score (nSPS) is 14.7. The van der Waals surface area contributed by atoms with Gasteiger partial charge in [0.15, 0.2) is 0 Å². The summed E-state index contributed by atoms with van der Waals surface area (Å²) in [5.74, 6) is 0.899. The molecule has 1 heterocycles. The fourth-order valence-corrected chi connectivity index (χ4v) is 5.33. The van der Waals surface area contributed by atoms with Crippen LogP contribution in [0.2, 0.25) is 0 Å². The second-order valence-corrected chi connectivity index (χ2v) is 9.78. The number of nitrogens with one attached hydrogen (secondary N) is 1. The van der Waals surface area contributed by atoms with E-state index in [1.54, 1.807) is 12.1 Å². The van der Waals surface area contributed by atoms with Crippen molar-refractivity contribution in [3.8, 4) is 11.5 Å². The number of rotatable bonds is 10. The van der Waals surface area contributed by atoms with Gasteiger partial charge in [-0.3, -0.25) is 4.79 Å². The molecule has 0 bridgehead atoms. The van der Waals surface area contributed by atoms with E-state index in [0.29, 0.717) is 44.2 Å². The van der Waals surface area contributed by atoms with E-state index in [1.165, 1.54) is 10.4 Å². The van der Waals surface area contributed by atoms with Gasteiger partial charge in [0.2, 0.25) is 15.9 Å². The number of sulfonamides is 1. The average Bonchev–Trinajstić information content (AvgIpc) is 2.78. The van der Waals surface area contributed by atoms with Crippen LogP contribution in [0.25, 0.3) is 0 Å². The summed E-state index contributed by atoms with van der Waals surface area (Å²) in [4.78, 5) is 12.5. The monoisotopic (exact) mass is 460 g/mol. The number of aryl methyl sites for hydroxylation is 1. The first-order chi connectivity index (χ1) is 15.4. The Morgan fingerprint density at radius 2 is 1.84 bits per heavy atom. The second kappa shape index (κ2) is 11.3. The minimum absolute atomic E-state index is 0.0989. The molecule has 1 N–H and O–H groups in total. The topological polar surface area (TPSA) is 84.9 Å². The second-order valence-electron chi connectivity index (χ2n) is 7.88. The zero-order valence-electron chi connectivity index (χ0n) is 18.8. The molecule has 0 spiro atoms. The van der Waals surface area contributed by atoms with Gasteiger partial charge >= 0.3 is 0 Å². The molecular weight excluding hydrogens is 428 g/mol. The number of hydrogen-bond acceptors (Lipinski definition) is 5. The molecule has 1 saturated heterocycles. The van der Waals surface area contributed by atoms with Gasteiger partial charge in [-0.15, -0.1) is 0 Å². The van der Waals surface area contributed by atoms with Crippen molar-refractivity contribution in [2.24, 2.45) is 0 Å². The third-order valence-electron chi connectivity index (χ3n) is 5.27. The molecule has 1 aliphatic heterocycles. The molecule has 0 atom stereocenters. The highest BCUT2D eigenvalue weighted by Crippen LogP contribution is 2.31. The van der Waals surface area contributed by atoms with Crippen molar-refractivity contribution in [2.75, 3.05) is 31.6 Å². The van der Waals surface area contributed by atoms with Crippen LogP contribution in [0, 0.1) is 6.92 Å². The third kappa shape index (κ3) is 6.46. The summed E-state index contributed by atoms with van der Waals surface area (Å²) < 4.78 is 39.2. The third-order valence-corrected chi connectivity index (χ3v) is 7.19. The number of ether oxygens (including phenoxy) is 2. The van der Waals surface area contributed by atoms with Crippen molar-refractivity contribution in [1.29, 1.82) is 0 Å². The van der Waals surface area contributed by atoms with Crippen LogP contribution in [-0.4, -0.2) is 44.9 Å². The number of nitrogens with zero attached hydrogens (tertiary/aromatic N) is 1. The quantitative estimate of drug-likeness (QED) is 0.532. The van der Waals surface area contributed by atoms with Gasteiger partial charge in [-0.1, -0.05) is 18.6 Å². The van der Waals surface area contributed by atoms with E-state index in [4.69, 9.17) is 9.47 Å². The van der Waals surface area contributed by atoms with Crippen LogP contribution in [-0.2, 0) is 14.8 Å². The van der Waals surface area contributed by atoms with E-state index < -0.39 is 10.0 Å². The largest absolute Gasteiger partial charge is 0.494 e. The Balaban J connectivity index is 1.62. The molecule has 2 aromatic rings. The van der Waals surface area contributed by atoms with E-state index in [-0.39, 0.29) is 17.2 Å². The van der Waals surface area contributed by atoms with Gasteiger partial charge in [0, 0.05) is 25.2 Å². The number of amides is 1. The molecule has 0 saturated carbocycles. The van der Waals surface area contributed by atoms with Gasteiger partial charge in [-0.2, -0.15) is 4.31 Å². The van der Waals surface area contributed by atoms with Gasteiger partial charge in [-0.05, 0) is 69.0 Å². The lowest BCUT2D eigenvalue weighted by atomic mass is 10.2. The van der Waals surface area contributed by atoms with Gasteiger partial charge in [0.25, 0.3) is 0 Å². The van der Waals surface area contributed by atoms with E-state index in [0.717, 1.165) is 30.6 Å². The highest BCUT2D eigenvalue weighted by molar-refractivity contribution is 7.89. The predicted octanol–water partition coefficient (Wildman–Crippen LogP) is 4.37. The summed E-state index contributed by atoms with van der Waals surface area (Å²) in [7, 11) is -3.69. The molecular formula is C24H32N2O5S. The van der Waals surface area contributed by atoms with Crippen LogP contribution in [0.15, 0.2) is 47.4 Å². The van der Waals surface area contributed by atoms with Gasteiger partial charge in [-0.25, -0.2) is 8.42 Å². The molecule has 0 radical (unpaired) electrons. The standard InChI is InChI=1S/C24H32N2O5S/c1-3-30-22-13-12-20(18-23(22)32(28,29)26-14-5-4-6-15-26)25-24(27)11-8-16-31-21-10-7-9-19(2)17-21/h7,9-10,12-13,17-18H,3-6,8,11,14-16H2,1-2H3,(H,25,27). The Morgan fingerprint density at radius 1 is 1.06 bits per heavy atom. The summed E-state index contributed by atoms with van der Waals surface area (Å²) in [5, 5.41) is 2.80. The maximum Gasteiger partial charge on any atom is 0.246 e.